The number of carboxylic acids is 1. The average molecular weight is 370 g/mol. The van der Waals surface area contributed by atoms with Gasteiger partial charge in [-0.15, -0.1) is 0 Å². The summed E-state index contributed by atoms with van der Waals surface area (Å²) in [6, 6.07) is 11.4. The summed E-state index contributed by atoms with van der Waals surface area (Å²) in [5.74, 6) is -1.24. The Hall–Kier alpha value is -1.85. The Morgan fingerprint density at radius 1 is 1.14 bits per heavy atom. The predicted molar refractivity (Wildman–Crippen MR) is 82.2 cm³/mol. The molecule has 0 aliphatic carbocycles. The molecule has 0 aliphatic heterocycles. The van der Waals surface area contributed by atoms with Gasteiger partial charge in [-0.3, -0.25) is 4.79 Å². The molecule has 0 fully saturated rings. The highest BCUT2D eigenvalue weighted by atomic mass is 79.9. The molecule has 1 N–H and O–H groups in total. The summed E-state index contributed by atoms with van der Waals surface area (Å²) < 4.78 is 5.78. The average Bonchev–Trinajstić information content (AvgIpc) is 2.45. The third-order valence-corrected chi connectivity index (χ3v) is 3.58. The van der Waals surface area contributed by atoms with E-state index >= 15 is 0 Å². The number of ether oxygens (including phenoxy) is 1. The zero-order chi connectivity index (χ0) is 15.4. The van der Waals surface area contributed by atoms with Crippen molar-refractivity contribution in [2.75, 3.05) is 6.61 Å². The molecule has 6 heteroatoms. The van der Waals surface area contributed by atoms with Gasteiger partial charge in [0.15, 0.2) is 12.4 Å². The van der Waals surface area contributed by atoms with Crippen molar-refractivity contribution in [1.29, 1.82) is 0 Å². The number of hydrogen-bond acceptors (Lipinski definition) is 3. The van der Waals surface area contributed by atoms with Crippen LogP contribution in [0.25, 0.3) is 0 Å². The van der Waals surface area contributed by atoms with Gasteiger partial charge in [0.1, 0.15) is 5.75 Å². The molecule has 0 aromatic heterocycles. The normalized spacial score (nSPS) is 10.2. The van der Waals surface area contributed by atoms with E-state index in [2.05, 4.69) is 15.9 Å². The van der Waals surface area contributed by atoms with Crippen molar-refractivity contribution in [1.82, 2.24) is 0 Å². The van der Waals surface area contributed by atoms with Crippen LogP contribution in [0.2, 0.25) is 5.02 Å². The van der Waals surface area contributed by atoms with Gasteiger partial charge >= 0.3 is 5.97 Å². The Labute approximate surface area is 134 Å². The van der Waals surface area contributed by atoms with Gasteiger partial charge in [-0.2, -0.15) is 0 Å². The lowest BCUT2D eigenvalue weighted by molar-refractivity contribution is -0.139. The van der Waals surface area contributed by atoms with Crippen molar-refractivity contribution in [3.8, 4) is 5.75 Å². The van der Waals surface area contributed by atoms with Crippen molar-refractivity contribution in [2.45, 2.75) is 0 Å². The second-order valence-corrected chi connectivity index (χ2v) is 5.42. The Bertz CT molecular complexity index is 700. The summed E-state index contributed by atoms with van der Waals surface area (Å²) >= 11 is 9.23. The number of ketones is 1. The SMILES string of the molecule is O=C(O)COc1ccc(Cl)cc1C(=O)c1ccccc1Br. The van der Waals surface area contributed by atoms with Crippen LogP contribution in [0.4, 0.5) is 0 Å². The van der Waals surface area contributed by atoms with Crippen LogP contribution < -0.4 is 4.74 Å². The smallest absolute Gasteiger partial charge is 0.341 e. The van der Waals surface area contributed by atoms with E-state index in [1.807, 2.05) is 0 Å². The lowest BCUT2D eigenvalue weighted by atomic mass is 10.0. The fourth-order valence-corrected chi connectivity index (χ4v) is 2.37. The number of rotatable bonds is 5. The van der Waals surface area contributed by atoms with E-state index in [0.29, 0.717) is 15.1 Å². The second kappa shape index (κ2) is 6.74. The molecule has 4 nitrogen and oxygen atoms in total. The lowest BCUT2D eigenvalue weighted by Gasteiger charge is -2.10. The van der Waals surface area contributed by atoms with E-state index in [1.54, 1.807) is 24.3 Å². The van der Waals surface area contributed by atoms with Crippen LogP contribution in [0.5, 0.6) is 5.75 Å². The third-order valence-electron chi connectivity index (χ3n) is 2.66. The van der Waals surface area contributed by atoms with Gasteiger partial charge in [0, 0.05) is 15.1 Å². The predicted octanol–water partition coefficient (Wildman–Crippen LogP) is 3.80. The molecular formula is C15H10BrClO4. The number of carbonyl (C=O) groups is 2. The molecule has 0 saturated carbocycles. The van der Waals surface area contributed by atoms with Gasteiger partial charge in [0.25, 0.3) is 0 Å². The maximum atomic E-state index is 12.6. The first-order chi connectivity index (χ1) is 9.99. The highest BCUT2D eigenvalue weighted by molar-refractivity contribution is 9.10. The molecule has 2 aromatic rings. The van der Waals surface area contributed by atoms with Gasteiger partial charge in [-0.1, -0.05) is 39.7 Å². The van der Waals surface area contributed by atoms with E-state index < -0.39 is 12.6 Å². The van der Waals surface area contributed by atoms with Crippen LogP contribution in [-0.2, 0) is 4.79 Å². The van der Waals surface area contributed by atoms with Gasteiger partial charge in [0.2, 0.25) is 0 Å². The molecule has 0 atom stereocenters. The van der Waals surface area contributed by atoms with Crippen LogP contribution in [0, 0.1) is 0 Å². The molecule has 0 bridgehead atoms. The van der Waals surface area contributed by atoms with Crippen LogP contribution in [0.15, 0.2) is 46.9 Å². The molecule has 0 radical (unpaired) electrons. The van der Waals surface area contributed by atoms with E-state index in [0.717, 1.165) is 0 Å². The Kier molecular flexibility index (Phi) is 4.98. The molecule has 0 spiro atoms. The number of hydrogen-bond donors (Lipinski definition) is 1. The Balaban J connectivity index is 2.42. The molecule has 2 rings (SSSR count). The maximum Gasteiger partial charge on any atom is 0.341 e. The van der Waals surface area contributed by atoms with Gasteiger partial charge in [-0.25, -0.2) is 4.79 Å². The maximum absolute atomic E-state index is 12.6. The van der Waals surface area contributed by atoms with Crippen LogP contribution in [0.1, 0.15) is 15.9 Å². The summed E-state index contributed by atoms with van der Waals surface area (Å²) in [5, 5.41) is 9.05. The minimum absolute atomic E-state index is 0.183. The van der Waals surface area contributed by atoms with Gasteiger partial charge in [0.05, 0.1) is 5.56 Å². The molecule has 0 heterocycles. The molecule has 2 aromatic carbocycles. The number of halogens is 2. The first-order valence-corrected chi connectivity index (χ1v) is 7.09. The summed E-state index contributed by atoms with van der Waals surface area (Å²) in [5.41, 5.74) is 0.663. The zero-order valence-electron chi connectivity index (χ0n) is 10.7. The van der Waals surface area contributed by atoms with Crippen LogP contribution in [0.3, 0.4) is 0 Å². The molecule has 0 unspecified atom stereocenters. The van der Waals surface area contributed by atoms with Crippen molar-refractivity contribution < 1.29 is 19.4 Å². The minimum atomic E-state index is -1.12. The molecule has 0 aliphatic rings. The third kappa shape index (κ3) is 3.83. The first kappa shape index (κ1) is 15.5. The number of aliphatic carboxylic acids is 1. The van der Waals surface area contributed by atoms with Gasteiger partial charge < -0.3 is 9.84 Å². The van der Waals surface area contributed by atoms with Crippen molar-refractivity contribution in [2.24, 2.45) is 0 Å². The zero-order valence-corrected chi connectivity index (χ0v) is 13.0. The summed E-state index contributed by atoms with van der Waals surface area (Å²) in [4.78, 5) is 23.2. The van der Waals surface area contributed by atoms with Crippen molar-refractivity contribution in [3.63, 3.8) is 0 Å². The fraction of sp³-hybridized carbons (Fsp3) is 0.0667. The lowest BCUT2D eigenvalue weighted by Crippen LogP contribution is -2.12. The van der Waals surface area contributed by atoms with E-state index in [9.17, 15) is 9.59 Å². The van der Waals surface area contributed by atoms with Gasteiger partial charge in [-0.05, 0) is 30.3 Å². The number of benzene rings is 2. The molecule has 0 amide bonds. The highest BCUT2D eigenvalue weighted by Gasteiger charge is 2.18. The number of carboxylic acid groups (broad SMARTS) is 1. The topological polar surface area (TPSA) is 63.6 Å². The first-order valence-electron chi connectivity index (χ1n) is 5.92. The molecule has 0 saturated heterocycles. The number of carbonyl (C=O) groups excluding carboxylic acids is 1. The molecular weight excluding hydrogens is 360 g/mol. The van der Waals surface area contributed by atoms with E-state index in [1.165, 1.54) is 18.2 Å². The molecule has 108 valence electrons. The van der Waals surface area contributed by atoms with E-state index in [4.69, 9.17) is 21.4 Å². The van der Waals surface area contributed by atoms with Crippen molar-refractivity contribution in [3.05, 3.63) is 63.1 Å². The second-order valence-electron chi connectivity index (χ2n) is 4.13. The summed E-state index contributed by atoms with van der Waals surface area (Å²) in [6.45, 7) is -0.530. The van der Waals surface area contributed by atoms with Crippen molar-refractivity contribution >= 4 is 39.3 Å². The highest BCUT2D eigenvalue weighted by Crippen LogP contribution is 2.28. The van der Waals surface area contributed by atoms with Crippen LogP contribution in [-0.4, -0.2) is 23.5 Å². The van der Waals surface area contributed by atoms with Crippen LogP contribution >= 0.6 is 27.5 Å². The Morgan fingerprint density at radius 3 is 2.52 bits per heavy atom. The summed E-state index contributed by atoms with van der Waals surface area (Å²) in [7, 11) is 0. The fourth-order valence-electron chi connectivity index (χ4n) is 1.74. The standard InChI is InChI=1S/C15H10BrClO4/c16-12-4-2-1-3-10(12)15(20)11-7-9(17)5-6-13(11)21-8-14(18)19/h1-7H,8H2,(H,18,19). The monoisotopic (exact) mass is 368 g/mol. The Morgan fingerprint density at radius 2 is 1.86 bits per heavy atom. The quantitative estimate of drug-likeness (QED) is 0.814. The van der Waals surface area contributed by atoms with E-state index in [-0.39, 0.29) is 17.1 Å². The summed E-state index contributed by atoms with van der Waals surface area (Å²) in [6.07, 6.45) is 0. The largest absolute Gasteiger partial charge is 0.481 e. The minimum Gasteiger partial charge on any atom is -0.481 e. The molecule has 21 heavy (non-hydrogen) atoms.